The number of hydrogen-bond acceptors (Lipinski definition) is 4. The average Bonchev–Trinajstić information content (AvgIpc) is 2.27. The van der Waals surface area contributed by atoms with Crippen molar-refractivity contribution in [1.82, 2.24) is 4.90 Å². The van der Waals surface area contributed by atoms with E-state index in [1.807, 2.05) is 20.8 Å². The van der Waals surface area contributed by atoms with Crippen LogP contribution in [0, 0.1) is 5.92 Å². The molecule has 2 aliphatic heterocycles. The van der Waals surface area contributed by atoms with Crippen LogP contribution in [-0.4, -0.2) is 48.4 Å². The van der Waals surface area contributed by atoms with Gasteiger partial charge in [0, 0.05) is 19.2 Å². The maximum atomic E-state index is 12.2. The molecule has 104 valence electrons. The normalized spacial score (nSPS) is 32.9. The van der Waals surface area contributed by atoms with Gasteiger partial charge >= 0.3 is 6.09 Å². The Labute approximate surface area is 109 Å². The molecule has 3 unspecified atom stereocenters. The fraction of sp³-hybridized carbons (Fsp3) is 0.923. The molecule has 0 aromatic carbocycles. The summed E-state index contributed by atoms with van der Waals surface area (Å²) < 4.78 is 10.9. The summed E-state index contributed by atoms with van der Waals surface area (Å²) in [6.45, 7) is 7.65. The smallest absolute Gasteiger partial charge is 0.410 e. The van der Waals surface area contributed by atoms with Crippen LogP contribution in [0.25, 0.3) is 0 Å². The van der Waals surface area contributed by atoms with Gasteiger partial charge in [-0.05, 0) is 39.5 Å². The molecular formula is C13H24N2O3. The Morgan fingerprint density at radius 2 is 2.11 bits per heavy atom. The monoisotopic (exact) mass is 256 g/mol. The zero-order valence-electron chi connectivity index (χ0n) is 11.5. The van der Waals surface area contributed by atoms with E-state index in [2.05, 4.69) is 0 Å². The Balaban J connectivity index is 2.05. The molecule has 2 saturated heterocycles. The van der Waals surface area contributed by atoms with Crippen LogP contribution < -0.4 is 5.73 Å². The third-order valence-corrected chi connectivity index (χ3v) is 3.66. The number of carbonyl (C=O) groups is 1. The van der Waals surface area contributed by atoms with Gasteiger partial charge in [0.1, 0.15) is 5.60 Å². The second kappa shape index (κ2) is 5.05. The third kappa shape index (κ3) is 2.95. The summed E-state index contributed by atoms with van der Waals surface area (Å²) in [6, 6.07) is 0.259. The highest BCUT2D eigenvalue weighted by Gasteiger charge is 2.41. The average molecular weight is 256 g/mol. The number of rotatable bonds is 0. The highest BCUT2D eigenvalue weighted by molar-refractivity contribution is 5.68. The maximum Gasteiger partial charge on any atom is 0.410 e. The van der Waals surface area contributed by atoms with Gasteiger partial charge in [0.2, 0.25) is 0 Å². The fourth-order valence-corrected chi connectivity index (χ4v) is 2.78. The lowest BCUT2D eigenvalue weighted by molar-refractivity contribution is -0.0562. The molecule has 3 atom stereocenters. The molecule has 1 amide bonds. The van der Waals surface area contributed by atoms with Crippen molar-refractivity contribution in [3.05, 3.63) is 0 Å². The van der Waals surface area contributed by atoms with Crippen LogP contribution in [0.15, 0.2) is 0 Å². The van der Waals surface area contributed by atoms with Crippen LogP contribution in [0.3, 0.4) is 0 Å². The standard InChI is InChI=1S/C13H24N2O3/c1-13(2,3)18-12(16)15-6-4-10(14)9-5-7-17-8-11(9)15/h9-11H,4-8,14H2,1-3H3. The van der Waals surface area contributed by atoms with E-state index in [-0.39, 0.29) is 18.2 Å². The first-order valence-corrected chi connectivity index (χ1v) is 6.71. The van der Waals surface area contributed by atoms with Crippen molar-refractivity contribution in [2.75, 3.05) is 19.8 Å². The Kier molecular flexibility index (Phi) is 3.82. The van der Waals surface area contributed by atoms with Gasteiger partial charge in [-0.2, -0.15) is 0 Å². The second-order valence-electron chi connectivity index (χ2n) is 6.22. The minimum Gasteiger partial charge on any atom is -0.444 e. The molecule has 0 bridgehead atoms. The lowest BCUT2D eigenvalue weighted by Gasteiger charge is -2.46. The molecule has 0 radical (unpaired) electrons. The molecule has 2 heterocycles. The van der Waals surface area contributed by atoms with E-state index < -0.39 is 5.60 Å². The van der Waals surface area contributed by atoms with Gasteiger partial charge in [0.05, 0.1) is 12.6 Å². The largest absolute Gasteiger partial charge is 0.444 e. The van der Waals surface area contributed by atoms with Crippen molar-refractivity contribution in [2.45, 2.75) is 51.3 Å². The van der Waals surface area contributed by atoms with Crippen molar-refractivity contribution < 1.29 is 14.3 Å². The number of ether oxygens (including phenoxy) is 2. The fourth-order valence-electron chi connectivity index (χ4n) is 2.78. The van der Waals surface area contributed by atoms with Gasteiger partial charge < -0.3 is 20.1 Å². The van der Waals surface area contributed by atoms with Crippen molar-refractivity contribution in [3.8, 4) is 0 Å². The molecule has 2 aliphatic rings. The van der Waals surface area contributed by atoms with Crippen molar-refractivity contribution in [3.63, 3.8) is 0 Å². The Hall–Kier alpha value is -0.810. The minimum absolute atomic E-state index is 0.0809. The number of piperidine rings is 1. The summed E-state index contributed by atoms with van der Waals surface area (Å²) in [5.41, 5.74) is 5.69. The summed E-state index contributed by atoms with van der Waals surface area (Å²) in [7, 11) is 0. The predicted octanol–water partition coefficient (Wildman–Crippen LogP) is 1.36. The van der Waals surface area contributed by atoms with Crippen LogP contribution in [0.2, 0.25) is 0 Å². The van der Waals surface area contributed by atoms with Gasteiger partial charge in [-0.15, -0.1) is 0 Å². The van der Waals surface area contributed by atoms with Crippen molar-refractivity contribution in [2.24, 2.45) is 11.7 Å². The zero-order chi connectivity index (χ0) is 13.3. The number of likely N-dealkylation sites (tertiary alicyclic amines) is 1. The predicted molar refractivity (Wildman–Crippen MR) is 68.2 cm³/mol. The maximum absolute atomic E-state index is 12.2. The lowest BCUT2D eigenvalue weighted by atomic mass is 9.82. The highest BCUT2D eigenvalue weighted by atomic mass is 16.6. The number of nitrogens with zero attached hydrogens (tertiary/aromatic N) is 1. The van der Waals surface area contributed by atoms with E-state index in [9.17, 15) is 4.79 Å². The van der Waals surface area contributed by atoms with E-state index in [0.29, 0.717) is 19.1 Å². The first-order valence-electron chi connectivity index (χ1n) is 6.71. The summed E-state index contributed by atoms with van der Waals surface area (Å²) in [5.74, 6) is 0.347. The molecule has 5 heteroatoms. The first-order chi connectivity index (χ1) is 8.38. The van der Waals surface area contributed by atoms with Gasteiger partial charge in [-0.1, -0.05) is 0 Å². The number of fused-ring (bicyclic) bond motifs is 1. The molecule has 18 heavy (non-hydrogen) atoms. The van der Waals surface area contributed by atoms with Crippen LogP contribution in [0.5, 0.6) is 0 Å². The van der Waals surface area contributed by atoms with Gasteiger partial charge in [0.25, 0.3) is 0 Å². The molecule has 0 aromatic heterocycles. The summed E-state index contributed by atoms with van der Waals surface area (Å²) in [6.07, 6.45) is 1.54. The quantitative estimate of drug-likeness (QED) is 0.710. The van der Waals surface area contributed by atoms with Crippen LogP contribution in [0.1, 0.15) is 33.6 Å². The van der Waals surface area contributed by atoms with Crippen molar-refractivity contribution in [1.29, 1.82) is 0 Å². The SMILES string of the molecule is CC(C)(C)OC(=O)N1CCC(N)C2CCOCC21. The minimum atomic E-state index is -0.457. The van der Waals surface area contributed by atoms with E-state index in [4.69, 9.17) is 15.2 Å². The van der Waals surface area contributed by atoms with Gasteiger partial charge in [-0.3, -0.25) is 0 Å². The summed E-state index contributed by atoms with van der Waals surface area (Å²) >= 11 is 0. The Morgan fingerprint density at radius 3 is 2.78 bits per heavy atom. The third-order valence-electron chi connectivity index (χ3n) is 3.66. The molecule has 2 fully saturated rings. The summed E-state index contributed by atoms with van der Waals surface area (Å²) in [4.78, 5) is 14.0. The topological polar surface area (TPSA) is 64.8 Å². The summed E-state index contributed by atoms with van der Waals surface area (Å²) in [5, 5.41) is 0. The van der Waals surface area contributed by atoms with Crippen LogP contribution in [-0.2, 0) is 9.47 Å². The highest BCUT2D eigenvalue weighted by Crippen LogP contribution is 2.30. The number of nitrogens with two attached hydrogens (primary N) is 1. The van der Waals surface area contributed by atoms with Crippen LogP contribution >= 0.6 is 0 Å². The molecule has 0 aliphatic carbocycles. The number of hydrogen-bond donors (Lipinski definition) is 1. The van der Waals surface area contributed by atoms with Crippen molar-refractivity contribution >= 4 is 6.09 Å². The Bertz CT molecular complexity index is 314. The van der Waals surface area contributed by atoms with E-state index in [1.54, 1.807) is 4.90 Å². The molecule has 2 N–H and O–H groups in total. The molecule has 5 nitrogen and oxygen atoms in total. The van der Waals surface area contributed by atoms with Gasteiger partial charge in [0.15, 0.2) is 0 Å². The molecule has 0 aromatic rings. The lowest BCUT2D eigenvalue weighted by Crippen LogP contribution is -2.60. The van der Waals surface area contributed by atoms with E-state index in [1.165, 1.54) is 0 Å². The molecule has 0 saturated carbocycles. The van der Waals surface area contributed by atoms with Crippen LogP contribution in [0.4, 0.5) is 4.79 Å². The number of carbonyl (C=O) groups excluding carboxylic acids is 1. The van der Waals surface area contributed by atoms with Gasteiger partial charge in [-0.25, -0.2) is 4.79 Å². The molecule has 2 rings (SSSR count). The molecular weight excluding hydrogens is 232 g/mol. The second-order valence-corrected chi connectivity index (χ2v) is 6.22. The zero-order valence-corrected chi connectivity index (χ0v) is 11.5. The number of amides is 1. The Morgan fingerprint density at radius 1 is 1.39 bits per heavy atom. The first kappa shape index (κ1) is 13.6. The van der Waals surface area contributed by atoms with E-state index in [0.717, 1.165) is 19.4 Å². The van der Waals surface area contributed by atoms with E-state index >= 15 is 0 Å². The molecule has 0 spiro atoms.